The van der Waals surface area contributed by atoms with E-state index in [0.29, 0.717) is 25.3 Å². The lowest BCUT2D eigenvalue weighted by Crippen LogP contribution is -2.43. The number of oxazole rings is 1. The summed E-state index contributed by atoms with van der Waals surface area (Å²) in [7, 11) is -3.40. The Kier molecular flexibility index (Phi) is 5.73. The third kappa shape index (κ3) is 4.70. The highest BCUT2D eigenvalue weighted by Crippen LogP contribution is 2.19. The number of sulfonamides is 1. The third-order valence-electron chi connectivity index (χ3n) is 4.54. The van der Waals surface area contributed by atoms with Crippen molar-refractivity contribution < 1.29 is 17.6 Å². The maximum Gasteiger partial charge on any atom is 0.291 e. The van der Waals surface area contributed by atoms with E-state index < -0.39 is 10.0 Å². The standard InChI is InChI=1S/C18H23N3O4S/c1-14-17(25-13-19-14)18(22)21-9-5-8-16(11-21)10-20-26(23,24)12-15-6-3-2-4-7-15/h2-4,6-7,13,16,20H,5,8-12H2,1H3. The molecule has 140 valence electrons. The van der Waals surface area contributed by atoms with E-state index in [0.717, 1.165) is 18.4 Å². The summed E-state index contributed by atoms with van der Waals surface area (Å²) in [5.74, 6) is 0.120. The Morgan fingerprint density at radius 3 is 2.81 bits per heavy atom. The van der Waals surface area contributed by atoms with Gasteiger partial charge in [0, 0.05) is 19.6 Å². The highest BCUT2D eigenvalue weighted by Gasteiger charge is 2.28. The normalized spacial score (nSPS) is 18.0. The van der Waals surface area contributed by atoms with Crippen LogP contribution in [0, 0.1) is 12.8 Å². The Labute approximate surface area is 153 Å². The number of benzene rings is 1. The van der Waals surface area contributed by atoms with Gasteiger partial charge in [0.05, 0.1) is 11.4 Å². The van der Waals surface area contributed by atoms with Crippen LogP contribution in [0.2, 0.25) is 0 Å². The molecule has 1 aliphatic rings. The fraction of sp³-hybridized carbons (Fsp3) is 0.444. The molecule has 1 aromatic heterocycles. The number of amides is 1. The van der Waals surface area contributed by atoms with Crippen molar-refractivity contribution in [2.45, 2.75) is 25.5 Å². The first-order chi connectivity index (χ1) is 12.4. The van der Waals surface area contributed by atoms with Crippen molar-refractivity contribution in [2.24, 2.45) is 5.92 Å². The molecule has 8 heteroatoms. The molecule has 0 spiro atoms. The van der Waals surface area contributed by atoms with Crippen LogP contribution >= 0.6 is 0 Å². The second kappa shape index (κ2) is 8.01. The maximum atomic E-state index is 12.5. The summed E-state index contributed by atoms with van der Waals surface area (Å²) >= 11 is 0. The molecule has 2 aromatic rings. The molecule has 0 radical (unpaired) electrons. The minimum atomic E-state index is -3.40. The van der Waals surface area contributed by atoms with Crippen molar-refractivity contribution in [1.82, 2.24) is 14.6 Å². The van der Waals surface area contributed by atoms with Crippen LogP contribution < -0.4 is 4.72 Å². The molecule has 3 rings (SSSR count). The highest BCUT2D eigenvalue weighted by atomic mass is 32.2. The fourth-order valence-corrected chi connectivity index (χ4v) is 4.38. The quantitative estimate of drug-likeness (QED) is 0.831. The molecule has 1 atom stereocenters. The van der Waals surface area contributed by atoms with Crippen LogP contribution in [0.3, 0.4) is 0 Å². The van der Waals surface area contributed by atoms with E-state index in [2.05, 4.69) is 9.71 Å². The van der Waals surface area contributed by atoms with Crippen LogP contribution in [-0.2, 0) is 15.8 Å². The predicted molar refractivity (Wildman–Crippen MR) is 96.9 cm³/mol. The van der Waals surface area contributed by atoms with Gasteiger partial charge in [-0.1, -0.05) is 30.3 Å². The predicted octanol–water partition coefficient (Wildman–Crippen LogP) is 1.95. The minimum absolute atomic E-state index is 0.0412. The molecule has 26 heavy (non-hydrogen) atoms. The Bertz CT molecular complexity index is 848. The monoisotopic (exact) mass is 377 g/mol. The van der Waals surface area contributed by atoms with Crippen LogP contribution in [0.25, 0.3) is 0 Å². The number of nitrogens with one attached hydrogen (secondary N) is 1. The molecule has 1 aromatic carbocycles. The van der Waals surface area contributed by atoms with Gasteiger partial charge in [-0.3, -0.25) is 4.79 Å². The lowest BCUT2D eigenvalue weighted by Gasteiger charge is -2.32. The van der Waals surface area contributed by atoms with Crippen molar-refractivity contribution in [3.63, 3.8) is 0 Å². The van der Waals surface area contributed by atoms with Crippen LogP contribution in [0.15, 0.2) is 41.1 Å². The zero-order valence-corrected chi connectivity index (χ0v) is 15.5. The van der Waals surface area contributed by atoms with Crippen LogP contribution in [0.1, 0.15) is 34.7 Å². The van der Waals surface area contributed by atoms with Gasteiger partial charge >= 0.3 is 0 Å². The van der Waals surface area contributed by atoms with Gasteiger partial charge in [0.15, 0.2) is 6.39 Å². The molecule has 0 saturated carbocycles. The highest BCUT2D eigenvalue weighted by molar-refractivity contribution is 7.88. The topological polar surface area (TPSA) is 92.5 Å². The van der Waals surface area contributed by atoms with E-state index in [4.69, 9.17) is 4.42 Å². The summed E-state index contributed by atoms with van der Waals surface area (Å²) in [4.78, 5) is 18.2. The zero-order chi connectivity index (χ0) is 18.6. The van der Waals surface area contributed by atoms with E-state index in [9.17, 15) is 13.2 Å². The summed E-state index contributed by atoms with van der Waals surface area (Å²) in [6.07, 6.45) is 2.98. The van der Waals surface area contributed by atoms with E-state index in [1.807, 2.05) is 18.2 Å². The molecule has 1 saturated heterocycles. The zero-order valence-electron chi connectivity index (χ0n) is 14.7. The number of aromatic nitrogens is 1. The Morgan fingerprint density at radius 2 is 2.12 bits per heavy atom. The Balaban J connectivity index is 1.55. The van der Waals surface area contributed by atoms with Crippen molar-refractivity contribution in [1.29, 1.82) is 0 Å². The SMILES string of the molecule is Cc1ncoc1C(=O)N1CCCC(CNS(=O)(=O)Cc2ccccc2)C1. The first-order valence-electron chi connectivity index (χ1n) is 8.65. The van der Waals surface area contributed by atoms with Crippen LogP contribution in [0.4, 0.5) is 0 Å². The van der Waals surface area contributed by atoms with Gasteiger partial charge in [-0.15, -0.1) is 0 Å². The van der Waals surface area contributed by atoms with Gasteiger partial charge in [-0.25, -0.2) is 18.1 Å². The third-order valence-corrected chi connectivity index (χ3v) is 5.86. The molecule has 0 aliphatic carbocycles. The Hall–Kier alpha value is -2.19. The van der Waals surface area contributed by atoms with Gasteiger partial charge in [-0.05, 0) is 31.2 Å². The summed E-state index contributed by atoms with van der Waals surface area (Å²) in [5, 5.41) is 0. The number of likely N-dealkylation sites (tertiary alicyclic amines) is 1. The first kappa shape index (κ1) is 18.6. The van der Waals surface area contributed by atoms with E-state index >= 15 is 0 Å². The lowest BCUT2D eigenvalue weighted by molar-refractivity contribution is 0.0643. The van der Waals surface area contributed by atoms with Gasteiger partial charge in [0.25, 0.3) is 5.91 Å². The lowest BCUT2D eigenvalue weighted by atomic mass is 9.98. The van der Waals surface area contributed by atoms with E-state index in [1.54, 1.807) is 24.0 Å². The number of rotatable bonds is 6. The number of carbonyl (C=O) groups excluding carboxylic acids is 1. The molecular formula is C18H23N3O4S. The molecule has 1 amide bonds. The summed E-state index contributed by atoms with van der Waals surface area (Å²) in [6, 6.07) is 9.08. The number of carbonyl (C=O) groups is 1. The van der Waals surface area contributed by atoms with Gasteiger partial charge in [0.1, 0.15) is 0 Å². The number of hydrogen-bond donors (Lipinski definition) is 1. The number of hydrogen-bond acceptors (Lipinski definition) is 5. The van der Waals surface area contributed by atoms with Crippen LogP contribution in [0.5, 0.6) is 0 Å². The van der Waals surface area contributed by atoms with Crippen molar-refractivity contribution in [3.8, 4) is 0 Å². The van der Waals surface area contributed by atoms with Gasteiger partial charge in [0.2, 0.25) is 15.8 Å². The molecule has 1 unspecified atom stereocenters. The summed E-state index contributed by atoms with van der Waals surface area (Å²) in [5.41, 5.74) is 1.32. The average molecular weight is 377 g/mol. The average Bonchev–Trinajstić information content (AvgIpc) is 3.06. The number of aryl methyl sites for hydroxylation is 1. The van der Waals surface area contributed by atoms with Crippen molar-refractivity contribution in [2.75, 3.05) is 19.6 Å². The number of piperidine rings is 1. The van der Waals surface area contributed by atoms with Crippen molar-refractivity contribution >= 4 is 15.9 Å². The summed E-state index contributed by atoms with van der Waals surface area (Å²) in [6.45, 7) is 3.21. The molecule has 7 nitrogen and oxygen atoms in total. The largest absolute Gasteiger partial charge is 0.438 e. The molecule has 1 fully saturated rings. The van der Waals surface area contributed by atoms with E-state index in [1.165, 1.54) is 6.39 Å². The molecule has 2 heterocycles. The molecule has 1 aliphatic heterocycles. The molecule has 1 N–H and O–H groups in total. The van der Waals surface area contributed by atoms with Crippen molar-refractivity contribution in [3.05, 3.63) is 53.7 Å². The first-order valence-corrected chi connectivity index (χ1v) is 10.3. The molecule has 0 bridgehead atoms. The number of nitrogens with zero attached hydrogens (tertiary/aromatic N) is 2. The maximum absolute atomic E-state index is 12.5. The second-order valence-electron chi connectivity index (χ2n) is 6.62. The Morgan fingerprint density at radius 1 is 1.35 bits per heavy atom. The van der Waals surface area contributed by atoms with Crippen LogP contribution in [-0.4, -0.2) is 43.8 Å². The van der Waals surface area contributed by atoms with Gasteiger partial charge < -0.3 is 9.32 Å². The van der Waals surface area contributed by atoms with E-state index in [-0.39, 0.29) is 23.3 Å². The summed E-state index contributed by atoms with van der Waals surface area (Å²) < 4.78 is 32.4. The smallest absolute Gasteiger partial charge is 0.291 e. The second-order valence-corrected chi connectivity index (χ2v) is 8.43. The fourth-order valence-electron chi connectivity index (χ4n) is 3.16. The molecular weight excluding hydrogens is 354 g/mol. The van der Waals surface area contributed by atoms with Gasteiger partial charge in [-0.2, -0.15) is 0 Å². The minimum Gasteiger partial charge on any atom is -0.438 e.